The number of hydrogen-bond acceptors (Lipinski definition) is 4. The Bertz CT molecular complexity index is 525. The minimum atomic E-state index is -1.44. The van der Waals surface area contributed by atoms with Crippen LogP contribution in [0.4, 0.5) is 0 Å². The van der Waals surface area contributed by atoms with Crippen LogP contribution >= 0.6 is 0 Å². The number of rotatable bonds is 7. The molecule has 0 aliphatic heterocycles. The first-order chi connectivity index (χ1) is 10.7. The molecule has 0 N–H and O–H groups in total. The Morgan fingerprint density at radius 1 is 0.913 bits per heavy atom. The lowest BCUT2D eigenvalue weighted by molar-refractivity contribution is -0.165. The van der Waals surface area contributed by atoms with E-state index in [1.807, 2.05) is 24.3 Å². The van der Waals surface area contributed by atoms with Gasteiger partial charge in [0.05, 0.1) is 21.3 Å². The van der Waals surface area contributed by atoms with Crippen LogP contribution in [-0.4, -0.2) is 33.2 Å². The van der Waals surface area contributed by atoms with E-state index in [1.165, 1.54) is 5.19 Å². The molecule has 23 heavy (non-hydrogen) atoms. The van der Waals surface area contributed by atoms with Crippen molar-refractivity contribution in [2.75, 3.05) is 13.2 Å². The van der Waals surface area contributed by atoms with Gasteiger partial charge in [-0.1, -0.05) is 56.0 Å². The fourth-order valence-corrected chi connectivity index (χ4v) is 3.74. The van der Waals surface area contributed by atoms with E-state index < -0.39 is 25.4 Å². The van der Waals surface area contributed by atoms with Crippen LogP contribution in [-0.2, 0) is 24.5 Å². The van der Waals surface area contributed by atoms with Crippen LogP contribution in [0.15, 0.2) is 24.3 Å². The van der Waals surface area contributed by atoms with E-state index in [-0.39, 0.29) is 13.2 Å². The predicted molar refractivity (Wildman–Crippen MR) is 94.7 cm³/mol. The van der Waals surface area contributed by atoms with Gasteiger partial charge < -0.3 is 9.47 Å². The fraction of sp³-hybridized carbons (Fsp3) is 0.556. The Morgan fingerprint density at radius 3 is 1.65 bits per heavy atom. The van der Waals surface area contributed by atoms with Gasteiger partial charge in [0.1, 0.15) is 0 Å². The molecular weight excluding hydrogens is 308 g/mol. The molecule has 0 spiro atoms. The monoisotopic (exact) mass is 336 g/mol. The highest BCUT2D eigenvalue weighted by Gasteiger charge is 2.49. The molecule has 0 aliphatic rings. The molecule has 5 heteroatoms. The molecule has 0 aromatic heterocycles. The minimum absolute atomic E-state index is 0.229. The molecule has 1 aromatic rings. The molecule has 4 nitrogen and oxygen atoms in total. The molecule has 0 heterocycles. The maximum atomic E-state index is 12.6. The number of esters is 2. The zero-order valence-electron chi connectivity index (χ0n) is 15.1. The van der Waals surface area contributed by atoms with Gasteiger partial charge in [-0.15, -0.1) is 0 Å². The van der Waals surface area contributed by atoms with Crippen molar-refractivity contribution in [3.63, 3.8) is 0 Å². The maximum absolute atomic E-state index is 12.6. The summed E-state index contributed by atoms with van der Waals surface area (Å²) in [5, 5.41) is 1.28. The second-order valence-corrected chi connectivity index (χ2v) is 11.6. The smallest absolute Gasteiger partial charge is 0.328 e. The third kappa shape index (κ3) is 4.02. The van der Waals surface area contributed by atoms with Crippen LogP contribution in [0, 0.1) is 0 Å². The van der Waals surface area contributed by atoms with Crippen molar-refractivity contribution in [3.05, 3.63) is 29.8 Å². The van der Waals surface area contributed by atoms with Crippen LogP contribution in [0.1, 0.15) is 32.8 Å². The maximum Gasteiger partial charge on any atom is 0.328 e. The second kappa shape index (κ2) is 7.77. The molecule has 0 atom stereocenters. The van der Waals surface area contributed by atoms with Gasteiger partial charge in [-0.3, -0.25) is 9.59 Å². The number of carbonyl (C=O) groups is 2. The Labute approximate surface area is 140 Å². The lowest BCUT2D eigenvalue weighted by Crippen LogP contribution is -2.46. The van der Waals surface area contributed by atoms with Crippen molar-refractivity contribution in [2.45, 2.75) is 52.2 Å². The lowest BCUT2D eigenvalue weighted by atomic mass is 9.78. The van der Waals surface area contributed by atoms with Gasteiger partial charge in [-0.05, 0) is 25.8 Å². The molecule has 1 rings (SSSR count). The zero-order chi connectivity index (χ0) is 17.7. The number of carbonyl (C=O) groups excluding carboxylic acids is 2. The van der Waals surface area contributed by atoms with Gasteiger partial charge in [0, 0.05) is 0 Å². The van der Waals surface area contributed by atoms with Crippen LogP contribution in [0.25, 0.3) is 0 Å². The third-order valence-corrected chi connectivity index (χ3v) is 6.09. The number of benzene rings is 1. The van der Waals surface area contributed by atoms with E-state index in [0.29, 0.717) is 12.0 Å². The summed E-state index contributed by atoms with van der Waals surface area (Å²) < 4.78 is 10.4. The molecule has 0 amide bonds. The molecule has 1 aromatic carbocycles. The highest BCUT2D eigenvalue weighted by atomic mass is 28.3. The fourth-order valence-electron chi connectivity index (χ4n) is 2.58. The van der Waals surface area contributed by atoms with E-state index in [1.54, 1.807) is 20.8 Å². The Hall–Kier alpha value is -1.62. The van der Waals surface area contributed by atoms with Gasteiger partial charge in [0.25, 0.3) is 0 Å². The summed E-state index contributed by atoms with van der Waals surface area (Å²) in [6.07, 6.45) is 0.303. The van der Waals surface area contributed by atoms with Gasteiger partial charge in [0.2, 0.25) is 0 Å². The summed E-state index contributed by atoms with van der Waals surface area (Å²) in [5.41, 5.74) is -0.747. The lowest BCUT2D eigenvalue weighted by Gasteiger charge is -2.29. The first kappa shape index (κ1) is 19.4. The molecular formula is C18H28O4Si. The number of hydrogen-bond donors (Lipinski definition) is 0. The van der Waals surface area contributed by atoms with E-state index in [0.717, 1.165) is 0 Å². The van der Waals surface area contributed by atoms with E-state index in [4.69, 9.17) is 9.47 Å². The van der Waals surface area contributed by atoms with Crippen molar-refractivity contribution in [3.8, 4) is 0 Å². The van der Waals surface area contributed by atoms with Crippen molar-refractivity contribution in [1.29, 1.82) is 0 Å². The summed E-state index contributed by atoms with van der Waals surface area (Å²) in [4.78, 5) is 25.2. The largest absolute Gasteiger partial charge is 0.465 e. The van der Waals surface area contributed by atoms with Gasteiger partial charge in [0.15, 0.2) is 5.41 Å². The molecule has 128 valence electrons. The SMILES string of the molecule is CCOC(=O)C(CC)(C(=O)OCC)c1ccc([Si](C)(C)C)cc1. The van der Waals surface area contributed by atoms with Crippen molar-refractivity contribution in [2.24, 2.45) is 0 Å². The van der Waals surface area contributed by atoms with Crippen LogP contribution in [0.3, 0.4) is 0 Å². The predicted octanol–water partition coefficient (Wildman–Crippen LogP) is 3.01. The minimum Gasteiger partial charge on any atom is -0.465 e. The van der Waals surface area contributed by atoms with Crippen LogP contribution < -0.4 is 5.19 Å². The molecule has 0 fully saturated rings. The first-order valence-corrected chi connectivity index (χ1v) is 11.7. The van der Waals surface area contributed by atoms with Gasteiger partial charge in [-0.25, -0.2) is 0 Å². The van der Waals surface area contributed by atoms with Crippen LogP contribution in [0.2, 0.25) is 19.6 Å². The van der Waals surface area contributed by atoms with E-state index >= 15 is 0 Å². The topological polar surface area (TPSA) is 52.6 Å². The summed E-state index contributed by atoms with van der Waals surface area (Å²) in [5.74, 6) is -1.08. The molecule has 0 aliphatic carbocycles. The summed E-state index contributed by atoms with van der Waals surface area (Å²) in [6.45, 7) is 12.5. The highest BCUT2D eigenvalue weighted by molar-refractivity contribution is 6.88. The number of ether oxygens (including phenoxy) is 2. The van der Waals surface area contributed by atoms with Crippen LogP contribution in [0.5, 0.6) is 0 Å². The highest BCUT2D eigenvalue weighted by Crippen LogP contribution is 2.31. The first-order valence-electron chi connectivity index (χ1n) is 8.19. The van der Waals surface area contributed by atoms with Gasteiger partial charge >= 0.3 is 11.9 Å². The van der Waals surface area contributed by atoms with Crippen molar-refractivity contribution in [1.82, 2.24) is 0 Å². The van der Waals surface area contributed by atoms with E-state index in [2.05, 4.69) is 19.6 Å². The zero-order valence-corrected chi connectivity index (χ0v) is 16.1. The Balaban J connectivity index is 3.38. The average molecular weight is 337 g/mol. The molecule has 0 saturated carbocycles. The third-order valence-electron chi connectivity index (χ3n) is 4.02. The molecule has 0 unspecified atom stereocenters. The standard InChI is InChI=1S/C18H28O4Si/c1-7-18(16(19)21-8-2,17(20)22-9-3)14-10-12-15(13-11-14)23(4,5)6/h10-13H,7-9H2,1-6H3. The molecule has 0 radical (unpaired) electrons. The molecule has 0 bridgehead atoms. The van der Waals surface area contributed by atoms with Gasteiger partial charge in [-0.2, -0.15) is 0 Å². The summed E-state index contributed by atoms with van der Waals surface area (Å²) in [6, 6.07) is 7.77. The van der Waals surface area contributed by atoms with E-state index in [9.17, 15) is 9.59 Å². The average Bonchev–Trinajstić information content (AvgIpc) is 2.49. The van der Waals surface area contributed by atoms with Crippen molar-refractivity contribution < 1.29 is 19.1 Å². The normalized spacial score (nSPS) is 11.9. The Morgan fingerprint density at radius 2 is 1.35 bits per heavy atom. The second-order valence-electron chi connectivity index (χ2n) is 6.53. The quantitative estimate of drug-likeness (QED) is 0.436. The van der Waals surface area contributed by atoms with Crippen molar-refractivity contribution >= 4 is 25.2 Å². The molecule has 0 saturated heterocycles. The summed E-state index contributed by atoms with van der Waals surface area (Å²) >= 11 is 0. The summed E-state index contributed by atoms with van der Waals surface area (Å²) in [7, 11) is -1.44. The Kier molecular flexibility index (Phi) is 6.56.